The quantitative estimate of drug-likeness (QED) is 0.451. The number of nitrogens with one attached hydrogen (secondary N) is 1. The van der Waals surface area contributed by atoms with Crippen LogP contribution in [0.5, 0.6) is 0 Å². The second-order valence-electron chi connectivity index (χ2n) is 3.16. The predicted octanol–water partition coefficient (Wildman–Crippen LogP) is 0.176. The third kappa shape index (κ3) is 6.59. The van der Waals surface area contributed by atoms with E-state index in [4.69, 9.17) is 11.2 Å². The van der Waals surface area contributed by atoms with Crippen LogP contribution in [0, 0.1) is 12.3 Å². The maximum absolute atomic E-state index is 5.12. The maximum Gasteiger partial charge on any atom is 0.0589 e. The minimum atomic E-state index is 0.489. The first-order valence-electron chi connectivity index (χ1n) is 4.55. The van der Waals surface area contributed by atoms with E-state index in [1.807, 2.05) is 0 Å². The van der Waals surface area contributed by atoms with Crippen molar-refractivity contribution in [3.8, 4) is 12.3 Å². The Kier molecular flexibility index (Phi) is 7.71. The van der Waals surface area contributed by atoms with E-state index in [2.05, 4.69) is 30.1 Å². The molecule has 0 fully saturated rings. The van der Waals surface area contributed by atoms with Crippen LogP contribution in [-0.2, 0) is 4.74 Å². The number of hydrogen-bond donors (Lipinski definition) is 1. The first-order valence-corrected chi connectivity index (χ1v) is 4.55. The van der Waals surface area contributed by atoms with Gasteiger partial charge in [-0.2, -0.15) is 0 Å². The SMILES string of the molecule is C#CCNCC(C)N(C)CCOC. The van der Waals surface area contributed by atoms with Crippen LogP contribution in [0.15, 0.2) is 0 Å². The lowest BCUT2D eigenvalue weighted by molar-refractivity contribution is 0.142. The van der Waals surface area contributed by atoms with Gasteiger partial charge in [-0.05, 0) is 14.0 Å². The van der Waals surface area contributed by atoms with Crippen LogP contribution in [0.25, 0.3) is 0 Å². The molecular formula is C10H20N2O. The van der Waals surface area contributed by atoms with Crippen molar-refractivity contribution in [3.63, 3.8) is 0 Å². The molecule has 0 saturated carbocycles. The maximum atomic E-state index is 5.12. The number of methoxy groups -OCH3 is 1. The summed E-state index contributed by atoms with van der Waals surface area (Å²) < 4.78 is 4.99. The molecule has 13 heavy (non-hydrogen) atoms. The molecule has 0 aliphatic heterocycles. The van der Waals surface area contributed by atoms with Crippen LogP contribution in [0.3, 0.4) is 0 Å². The number of nitrogens with zero attached hydrogens (tertiary/aromatic N) is 1. The monoisotopic (exact) mass is 184 g/mol. The molecule has 3 nitrogen and oxygen atoms in total. The summed E-state index contributed by atoms with van der Waals surface area (Å²) >= 11 is 0. The standard InChI is InChI=1S/C10H20N2O/c1-5-6-11-9-10(2)12(3)7-8-13-4/h1,10-11H,6-9H2,2-4H3. The minimum absolute atomic E-state index is 0.489. The molecule has 0 saturated heterocycles. The van der Waals surface area contributed by atoms with E-state index in [-0.39, 0.29) is 0 Å². The van der Waals surface area contributed by atoms with Crippen LogP contribution in [0.4, 0.5) is 0 Å². The fraction of sp³-hybridized carbons (Fsp3) is 0.800. The van der Waals surface area contributed by atoms with Gasteiger partial charge in [0.25, 0.3) is 0 Å². The van der Waals surface area contributed by atoms with Gasteiger partial charge >= 0.3 is 0 Å². The molecule has 0 radical (unpaired) electrons. The lowest BCUT2D eigenvalue weighted by atomic mass is 10.3. The van der Waals surface area contributed by atoms with Gasteiger partial charge in [0.15, 0.2) is 0 Å². The Morgan fingerprint density at radius 3 is 2.85 bits per heavy atom. The van der Waals surface area contributed by atoms with Gasteiger partial charge in [-0.1, -0.05) is 5.92 Å². The summed E-state index contributed by atoms with van der Waals surface area (Å²) in [5, 5.41) is 3.17. The number of rotatable bonds is 7. The highest BCUT2D eigenvalue weighted by Gasteiger charge is 2.06. The molecule has 3 heteroatoms. The number of hydrogen-bond acceptors (Lipinski definition) is 3. The lowest BCUT2D eigenvalue weighted by Gasteiger charge is -2.24. The molecule has 0 amide bonds. The molecule has 0 aliphatic rings. The van der Waals surface area contributed by atoms with Crippen molar-refractivity contribution in [2.45, 2.75) is 13.0 Å². The zero-order chi connectivity index (χ0) is 10.1. The molecule has 0 heterocycles. The molecule has 0 aromatic heterocycles. The number of likely N-dealkylation sites (N-methyl/N-ethyl adjacent to an activating group) is 1. The zero-order valence-corrected chi connectivity index (χ0v) is 8.84. The van der Waals surface area contributed by atoms with E-state index in [0.717, 1.165) is 19.7 Å². The largest absolute Gasteiger partial charge is 0.383 e. The second-order valence-corrected chi connectivity index (χ2v) is 3.16. The summed E-state index contributed by atoms with van der Waals surface area (Å²) in [4.78, 5) is 2.24. The normalized spacial score (nSPS) is 12.8. The third-order valence-electron chi connectivity index (χ3n) is 2.07. The van der Waals surface area contributed by atoms with E-state index in [1.165, 1.54) is 0 Å². The van der Waals surface area contributed by atoms with E-state index < -0.39 is 0 Å². The second kappa shape index (κ2) is 8.06. The Bertz CT molecular complexity index is 153. The fourth-order valence-corrected chi connectivity index (χ4v) is 0.965. The highest BCUT2D eigenvalue weighted by atomic mass is 16.5. The Hall–Kier alpha value is -0.560. The fourth-order valence-electron chi connectivity index (χ4n) is 0.965. The van der Waals surface area contributed by atoms with Crippen molar-refractivity contribution in [2.75, 3.05) is 40.4 Å². The Morgan fingerprint density at radius 2 is 2.31 bits per heavy atom. The van der Waals surface area contributed by atoms with Crippen molar-refractivity contribution >= 4 is 0 Å². The molecule has 76 valence electrons. The summed E-state index contributed by atoms with van der Waals surface area (Å²) in [6.45, 7) is 5.46. The van der Waals surface area contributed by atoms with Crippen LogP contribution in [0.2, 0.25) is 0 Å². The van der Waals surface area contributed by atoms with E-state index in [1.54, 1.807) is 7.11 Å². The summed E-state index contributed by atoms with van der Waals surface area (Å²) in [7, 11) is 3.80. The third-order valence-corrected chi connectivity index (χ3v) is 2.07. The van der Waals surface area contributed by atoms with Gasteiger partial charge in [-0.15, -0.1) is 6.42 Å². The predicted molar refractivity (Wildman–Crippen MR) is 55.7 cm³/mol. The van der Waals surface area contributed by atoms with Crippen molar-refractivity contribution in [3.05, 3.63) is 0 Å². The van der Waals surface area contributed by atoms with Crippen molar-refractivity contribution in [2.24, 2.45) is 0 Å². The average molecular weight is 184 g/mol. The van der Waals surface area contributed by atoms with E-state index in [9.17, 15) is 0 Å². The molecule has 1 atom stereocenters. The number of terminal acetylenes is 1. The van der Waals surface area contributed by atoms with Gasteiger partial charge in [-0.3, -0.25) is 0 Å². The van der Waals surface area contributed by atoms with Crippen LogP contribution in [0.1, 0.15) is 6.92 Å². The summed E-state index contributed by atoms with van der Waals surface area (Å²) in [6, 6.07) is 0.489. The van der Waals surface area contributed by atoms with Gasteiger partial charge in [0.2, 0.25) is 0 Å². The molecule has 0 spiro atoms. The molecule has 1 unspecified atom stereocenters. The average Bonchev–Trinajstić information content (AvgIpc) is 2.14. The molecule has 0 rings (SSSR count). The van der Waals surface area contributed by atoms with Crippen molar-refractivity contribution < 1.29 is 4.74 Å². The van der Waals surface area contributed by atoms with Gasteiger partial charge in [0.1, 0.15) is 0 Å². The first-order chi connectivity index (χ1) is 6.22. The first kappa shape index (κ1) is 12.4. The van der Waals surface area contributed by atoms with Crippen molar-refractivity contribution in [1.29, 1.82) is 0 Å². The van der Waals surface area contributed by atoms with E-state index in [0.29, 0.717) is 12.6 Å². The molecule has 1 N–H and O–H groups in total. The van der Waals surface area contributed by atoms with Gasteiger partial charge < -0.3 is 15.0 Å². The molecule has 0 aromatic carbocycles. The van der Waals surface area contributed by atoms with Crippen LogP contribution < -0.4 is 5.32 Å². The topological polar surface area (TPSA) is 24.5 Å². The summed E-state index contributed by atoms with van der Waals surface area (Å²) in [5.41, 5.74) is 0. The Morgan fingerprint density at radius 1 is 1.62 bits per heavy atom. The zero-order valence-electron chi connectivity index (χ0n) is 8.84. The summed E-state index contributed by atoms with van der Waals surface area (Å²) in [6.07, 6.45) is 5.12. The number of ether oxygens (including phenoxy) is 1. The smallest absolute Gasteiger partial charge is 0.0589 e. The van der Waals surface area contributed by atoms with Gasteiger partial charge in [0, 0.05) is 26.2 Å². The molecule has 0 aliphatic carbocycles. The highest BCUT2D eigenvalue weighted by Crippen LogP contribution is 1.92. The Balaban J connectivity index is 3.45. The van der Waals surface area contributed by atoms with Crippen LogP contribution >= 0.6 is 0 Å². The molecule has 0 aromatic rings. The van der Waals surface area contributed by atoms with Gasteiger partial charge in [0.05, 0.1) is 13.2 Å². The molecule has 0 bridgehead atoms. The Labute approximate surface area is 81.4 Å². The minimum Gasteiger partial charge on any atom is -0.383 e. The molecular weight excluding hydrogens is 164 g/mol. The van der Waals surface area contributed by atoms with Crippen molar-refractivity contribution in [1.82, 2.24) is 10.2 Å². The summed E-state index contributed by atoms with van der Waals surface area (Å²) in [5.74, 6) is 2.55. The van der Waals surface area contributed by atoms with E-state index >= 15 is 0 Å². The van der Waals surface area contributed by atoms with Gasteiger partial charge in [-0.25, -0.2) is 0 Å². The van der Waals surface area contributed by atoms with Crippen LogP contribution in [-0.4, -0.2) is 51.3 Å². The highest BCUT2D eigenvalue weighted by molar-refractivity contribution is 4.87. The lowest BCUT2D eigenvalue weighted by Crippen LogP contribution is -2.39.